The van der Waals surface area contributed by atoms with Crippen molar-refractivity contribution in [3.8, 4) is 11.4 Å². The third-order valence-electron chi connectivity index (χ3n) is 14.5. The summed E-state index contributed by atoms with van der Waals surface area (Å²) in [5.41, 5.74) is 10.3. The number of aryl methyl sites for hydroxylation is 2. The van der Waals surface area contributed by atoms with Crippen LogP contribution in [0.3, 0.4) is 0 Å². The molecule has 0 bridgehead atoms. The highest BCUT2D eigenvalue weighted by Crippen LogP contribution is 2.38. The molecule has 11 rings (SSSR count). The molecule has 18 heteroatoms. The van der Waals surface area contributed by atoms with Gasteiger partial charge in [-0.2, -0.15) is 8.61 Å². The highest BCUT2D eigenvalue weighted by molar-refractivity contribution is 7.89. The molecule has 1 aliphatic heterocycles. The molecule has 0 spiro atoms. The highest BCUT2D eigenvalue weighted by Gasteiger charge is 2.33. The number of aromatic nitrogens is 8. The minimum absolute atomic E-state index is 0.0635. The Bertz CT molecular complexity index is 3400. The lowest BCUT2D eigenvalue weighted by atomic mass is 9.90. The van der Waals surface area contributed by atoms with Gasteiger partial charge in [0.25, 0.3) is 0 Å². The van der Waals surface area contributed by atoms with E-state index in [4.69, 9.17) is 15.0 Å². The van der Waals surface area contributed by atoms with E-state index in [1.165, 1.54) is 15.4 Å². The summed E-state index contributed by atoms with van der Waals surface area (Å²) in [5.74, 6) is 1.69. The Morgan fingerprint density at radius 1 is 0.562 bits per heavy atom. The van der Waals surface area contributed by atoms with Crippen LogP contribution in [0, 0.1) is 0 Å². The first-order chi connectivity index (χ1) is 35.5. The van der Waals surface area contributed by atoms with Crippen molar-refractivity contribution in [3.05, 3.63) is 203 Å². The summed E-state index contributed by atoms with van der Waals surface area (Å²) in [4.78, 5) is 40.4. The van der Waals surface area contributed by atoms with E-state index in [1.807, 2.05) is 73.2 Å². The van der Waals surface area contributed by atoms with Crippen LogP contribution in [-0.4, -0.2) is 88.7 Å². The zero-order chi connectivity index (χ0) is 49.9. The number of sulfonamides is 2. The lowest BCUT2D eigenvalue weighted by molar-refractivity contribution is 0.153. The van der Waals surface area contributed by atoms with Crippen molar-refractivity contribution < 1.29 is 16.8 Å². The Balaban J connectivity index is 0.801. The van der Waals surface area contributed by atoms with Gasteiger partial charge in [-0.3, -0.25) is 19.8 Å². The molecule has 2 unspecified atom stereocenters. The fourth-order valence-electron chi connectivity index (χ4n) is 10.6. The maximum absolute atomic E-state index is 14.3. The molecule has 3 aliphatic rings. The number of benzene rings is 2. The minimum Gasteiger partial charge on any atom is -0.348 e. The van der Waals surface area contributed by atoms with Gasteiger partial charge in [0.1, 0.15) is 11.6 Å². The van der Waals surface area contributed by atoms with Crippen molar-refractivity contribution in [1.29, 1.82) is 0 Å². The van der Waals surface area contributed by atoms with E-state index in [1.54, 1.807) is 60.3 Å². The van der Waals surface area contributed by atoms with Gasteiger partial charge in [-0.25, -0.2) is 36.8 Å². The van der Waals surface area contributed by atoms with Crippen LogP contribution in [0.4, 0.5) is 0 Å². The van der Waals surface area contributed by atoms with E-state index in [0.29, 0.717) is 50.5 Å². The number of hydrogen-bond donors (Lipinski definition) is 2. The number of nitrogens with zero attached hydrogens (tertiary/aromatic N) is 10. The van der Waals surface area contributed by atoms with E-state index in [0.717, 1.165) is 89.6 Å². The smallest absolute Gasteiger partial charge is 0.243 e. The van der Waals surface area contributed by atoms with Crippen molar-refractivity contribution in [2.45, 2.75) is 106 Å². The zero-order valence-corrected chi connectivity index (χ0v) is 42.4. The number of aromatic amines is 2. The second kappa shape index (κ2) is 21.0. The number of H-pyrrole nitrogens is 2. The van der Waals surface area contributed by atoms with Crippen molar-refractivity contribution in [2.24, 2.45) is 0 Å². The van der Waals surface area contributed by atoms with Gasteiger partial charge in [0.15, 0.2) is 0 Å². The third-order valence-corrected chi connectivity index (χ3v) is 18.2. The number of nitrogens with one attached hydrogen (secondary N) is 2. The molecule has 7 heterocycles. The molecule has 2 N–H and O–H groups in total. The number of rotatable bonds is 17. The van der Waals surface area contributed by atoms with Crippen molar-refractivity contribution in [2.75, 3.05) is 13.6 Å². The summed E-state index contributed by atoms with van der Waals surface area (Å²) in [6.07, 6.45) is 17.1. The van der Waals surface area contributed by atoms with Crippen molar-refractivity contribution in [3.63, 3.8) is 0 Å². The lowest BCUT2D eigenvalue weighted by Gasteiger charge is -2.35. The molecule has 0 fully saturated rings. The topological polar surface area (TPSA) is 190 Å². The average molecular weight is 1020 g/mol. The van der Waals surface area contributed by atoms with Crippen LogP contribution in [-0.2, 0) is 78.6 Å². The van der Waals surface area contributed by atoms with Crippen molar-refractivity contribution in [1.82, 2.24) is 58.3 Å². The van der Waals surface area contributed by atoms with Gasteiger partial charge in [0, 0.05) is 63.9 Å². The molecular weight excluding hydrogens is 957 g/mol. The van der Waals surface area contributed by atoms with Crippen LogP contribution in [0.15, 0.2) is 150 Å². The van der Waals surface area contributed by atoms with Crippen LogP contribution >= 0.6 is 0 Å². The number of hydrogen-bond acceptors (Lipinski definition) is 12. The van der Waals surface area contributed by atoms with E-state index >= 15 is 0 Å². The summed E-state index contributed by atoms with van der Waals surface area (Å²) < 4.78 is 58.7. The van der Waals surface area contributed by atoms with E-state index in [-0.39, 0.29) is 35.0 Å². The fraction of sp³-hybridized carbons (Fsp3) is 0.309. The monoisotopic (exact) mass is 1010 g/mol. The van der Waals surface area contributed by atoms with Gasteiger partial charge in [0.2, 0.25) is 20.0 Å². The Morgan fingerprint density at radius 2 is 1.16 bits per heavy atom. The number of fused-ring (bicyclic) bond motifs is 3. The van der Waals surface area contributed by atoms with Gasteiger partial charge in [0.05, 0.1) is 82.2 Å². The molecule has 0 amide bonds. The maximum atomic E-state index is 14.3. The predicted octanol–water partition coefficient (Wildman–Crippen LogP) is 8.11. The Morgan fingerprint density at radius 3 is 1.79 bits per heavy atom. The first kappa shape index (κ1) is 48.5. The predicted molar refractivity (Wildman–Crippen MR) is 276 cm³/mol. The summed E-state index contributed by atoms with van der Waals surface area (Å²) >= 11 is 0. The SMILES string of the molecule is CN(Cc1ccccn1)S(=O)(=O)c1ccc(CN(Cc2ncc[nH]2)C2CCCc3ccc(-c4ccc5c(n4)CN(S(=O)(=O)c4ccc(CN(Cc6ncc[nH]6)C6CCCc7cccnc76)cc4)CC5)nc32)cc1. The quantitative estimate of drug-likeness (QED) is 0.0893. The summed E-state index contributed by atoms with van der Waals surface area (Å²) in [7, 11) is -6.02. The normalized spacial score (nSPS) is 17.2. The molecule has 374 valence electrons. The summed E-state index contributed by atoms with van der Waals surface area (Å²) in [6.45, 7) is 2.96. The standard InChI is InChI=1S/C55H58N12O4S2/c1-64(35-44-10-2-3-26-56-44)72(68,69)45-19-13-39(14-20-45)34-66(38-53-59-30-31-60-53)51-12-5-8-43-18-24-48(63-55(43)51)47-23-17-41-25-32-67(36-49(41)62-47)73(70,71)46-21-15-40(16-22-46)33-65(37-52-57-28-29-58-52)50-11-4-7-42-9-6-27-61-54(42)50/h2-3,6,9-10,13-24,26-31,50-51H,4-5,7-8,11-12,25,32-38H2,1H3,(H,57,58)(H,59,60). The first-order valence-electron chi connectivity index (χ1n) is 25.0. The Hall–Kier alpha value is -6.80. The van der Waals surface area contributed by atoms with E-state index in [9.17, 15) is 16.8 Å². The Labute approximate surface area is 426 Å². The number of pyridine rings is 4. The zero-order valence-electron chi connectivity index (χ0n) is 40.8. The van der Waals surface area contributed by atoms with Gasteiger partial charge < -0.3 is 9.97 Å². The van der Waals surface area contributed by atoms with Crippen LogP contribution in [0.5, 0.6) is 0 Å². The molecule has 2 atom stereocenters. The molecule has 8 aromatic rings. The van der Waals surface area contributed by atoms with Gasteiger partial charge in [-0.1, -0.05) is 48.5 Å². The van der Waals surface area contributed by atoms with Crippen LogP contribution in [0.2, 0.25) is 0 Å². The molecule has 73 heavy (non-hydrogen) atoms. The molecule has 0 saturated heterocycles. The van der Waals surface area contributed by atoms with Crippen molar-refractivity contribution >= 4 is 20.0 Å². The van der Waals surface area contributed by atoms with Gasteiger partial charge >= 0.3 is 0 Å². The van der Waals surface area contributed by atoms with E-state index in [2.05, 4.69) is 52.9 Å². The van der Waals surface area contributed by atoms with Crippen LogP contribution in [0.1, 0.15) is 100 Å². The lowest BCUT2D eigenvalue weighted by Crippen LogP contribution is -2.36. The minimum atomic E-state index is -3.84. The fourth-order valence-corrected chi connectivity index (χ4v) is 13.2. The Kier molecular flexibility index (Phi) is 13.9. The summed E-state index contributed by atoms with van der Waals surface area (Å²) in [5, 5.41) is 0. The van der Waals surface area contributed by atoms with Gasteiger partial charge in [-0.05, 0) is 127 Å². The molecule has 2 aliphatic carbocycles. The second-order valence-electron chi connectivity index (χ2n) is 19.2. The van der Waals surface area contributed by atoms with Crippen LogP contribution < -0.4 is 0 Å². The molecule has 0 saturated carbocycles. The van der Waals surface area contributed by atoms with E-state index < -0.39 is 20.0 Å². The van der Waals surface area contributed by atoms with Crippen LogP contribution in [0.25, 0.3) is 11.4 Å². The third kappa shape index (κ3) is 10.5. The van der Waals surface area contributed by atoms with Gasteiger partial charge in [-0.15, -0.1) is 0 Å². The summed E-state index contributed by atoms with van der Waals surface area (Å²) in [6, 6.07) is 32.4. The molecule has 6 aromatic heterocycles. The maximum Gasteiger partial charge on any atom is 0.243 e. The molecule has 16 nitrogen and oxygen atoms in total. The average Bonchev–Trinajstić information content (AvgIpc) is 4.16. The molecular formula is C55H58N12O4S2. The molecule has 2 aromatic carbocycles. The first-order valence-corrected chi connectivity index (χ1v) is 27.8. The number of imidazole rings is 2. The highest BCUT2D eigenvalue weighted by atomic mass is 32.2. The second-order valence-corrected chi connectivity index (χ2v) is 23.2. The molecule has 0 radical (unpaired) electrons. The largest absolute Gasteiger partial charge is 0.348 e.